The van der Waals surface area contributed by atoms with Crippen LogP contribution >= 0.6 is 11.6 Å². The molecule has 0 aliphatic carbocycles. The summed E-state index contributed by atoms with van der Waals surface area (Å²) in [7, 11) is -4.29. The molecule has 3 aromatic rings. The van der Waals surface area contributed by atoms with E-state index in [0.717, 1.165) is 10.4 Å². The number of sulfonamides is 1. The molecular weight excluding hydrogens is 493 g/mol. The van der Waals surface area contributed by atoms with Gasteiger partial charge in [0.15, 0.2) is 0 Å². The molecule has 4 rings (SSSR count). The minimum absolute atomic E-state index is 0.0183. The zero-order valence-corrected chi connectivity index (χ0v) is 20.8. The van der Waals surface area contributed by atoms with E-state index in [-0.39, 0.29) is 16.3 Å². The van der Waals surface area contributed by atoms with E-state index in [1.165, 1.54) is 18.2 Å². The Morgan fingerprint density at radius 2 is 1.77 bits per heavy atom. The highest BCUT2D eigenvalue weighted by atomic mass is 35.5. The van der Waals surface area contributed by atoms with Crippen LogP contribution in [-0.2, 0) is 19.6 Å². The number of nitrogens with zero attached hydrogens (tertiary/aromatic N) is 1. The number of carbonyl (C=O) groups is 2. The van der Waals surface area contributed by atoms with Crippen LogP contribution in [0.5, 0.6) is 0 Å². The molecule has 0 aromatic heterocycles. The number of hydrogen-bond acceptors (Lipinski definition) is 4. The highest BCUT2D eigenvalue weighted by Crippen LogP contribution is 2.38. The largest absolute Gasteiger partial charge is 0.326 e. The summed E-state index contributed by atoms with van der Waals surface area (Å²) in [6.07, 6.45) is -0.485. The van der Waals surface area contributed by atoms with Gasteiger partial charge in [0.1, 0.15) is 11.9 Å². The van der Waals surface area contributed by atoms with Gasteiger partial charge in [0.05, 0.1) is 22.7 Å². The first-order chi connectivity index (χ1) is 16.5. The van der Waals surface area contributed by atoms with E-state index in [1.807, 2.05) is 0 Å². The van der Waals surface area contributed by atoms with Gasteiger partial charge in [0.2, 0.25) is 11.8 Å². The molecule has 0 radical (unpaired) electrons. The third-order valence-electron chi connectivity index (χ3n) is 5.83. The molecule has 35 heavy (non-hydrogen) atoms. The molecule has 2 N–H and O–H groups in total. The van der Waals surface area contributed by atoms with Crippen molar-refractivity contribution in [3.63, 3.8) is 0 Å². The molecule has 1 heterocycles. The van der Waals surface area contributed by atoms with E-state index in [9.17, 15) is 22.4 Å². The van der Waals surface area contributed by atoms with Crippen LogP contribution in [0.25, 0.3) is 0 Å². The van der Waals surface area contributed by atoms with E-state index in [0.29, 0.717) is 27.4 Å². The second kappa shape index (κ2) is 9.31. The number of fused-ring (bicyclic) bond motifs is 1. The molecule has 7 nitrogen and oxygen atoms in total. The number of rotatable bonds is 5. The van der Waals surface area contributed by atoms with Crippen molar-refractivity contribution in [2.75, 3.05) is 14.9 Å². The van der Waals surface area contributed by atoms with Gasteiger partial charge in [0.25, 0.3) is 10.0 Å². The van der Waals surface area contributed by atoms with E-state index < -0.39 is 40.1 Å². The Hall–Kier alpha value is -3.43. The molecule has 1 aliphatic rings. The predicted molar refractivity (Wildman–Crippen MR) is 134 cm³/mol. The fraction of sp³-hybridized carbons (Fsp3) is 0.200. The number of halogens is 2. The third-order valence-corrected chi connectivity index (χ3v) is 8.20. The summed E-state index contributed by atoms with van der Waals surface area (Å²) in [6.45, 7) is 4.99. The molecule has 1 aliphatic heterocycles. The lowest BCUT2D eigenvalue weighted by Gasteiger charge is -2.37. The van der Waals surface area contributed by atoms with Crippen LogP contribution < -0.4 is 14.9 Å². The van der Waals surface area contributed by atoms with Crippen molar-refractivity contribution in [2.45, 2.75) is 38.1 Å². The van der Waals surface area contributed by atoms with E-state index in [1.54, 1.807) is 51.1 Å². The Morgan fingerprint density at radius 3 is 2.51 bits per heavy atom. The number of anilines is 3. The molecule has 0 saturated heterocycles. The van der Waals surface area contributed by atoms with Gasteiger partial charge in [-0.25, -0.2) is 12.8 Å². The van der Waals surface area contributed by atoms with Crippen LogP contribution in [0.1, 0.15) is 23.1 Å². The quantitative estimate of drug-likeness (QED) is 0.502. The summed E-state index contributed by atoms with van der Waals surface area (Å²) in [5.74, 6) is -1.82. The highest BCUT2D eigenvalue weighted by Gasteiger charge is 2.42. The standard InChI is InChI=1S/C25H23ClFN3O4S/c1-14-8-9-17(27)12-20(14)28-24(31)13-22-25(32)29-19-6-4-5-7-21(19)30(22)35(33,34)23-11-15(2)18(26)10-16(23)3/h4-12,22H,13H2,1-3H3,(H,28,31)(H,29,32). The number of carbonyl (C=O) groups excluding carboxylic acids is 2. The summed E-state index contributed by atoms with van der Waals surface area (Å²) in [5, 5.41) is 5.68. The Bertz CT molecular complexity index is 1460. The summed E-state index contributed by atoms with van der Waals surface area (Å²) in [5.41, 5.74) is 2.37. The number of nitrogens with one attached hydrogen (secondary N) is 2. The maximum atomic E-state index is 14.0. The van der Waals surface area contributed by atoms with Gasteiger partial charge in [-0.05, 0) is 73.9 Å². The molecule has 0 spiro atoms. The topological polar surface area (TPSA) is 95.6 Å². The number of para-hydroxylation sites is 2. The van der Waals surface area contributed by atoms with Crippen LogP contribution in [0.15, 0.2) is 59.5 Å². The maximum absolute atomic E-state index is 14.0. The van der Waals surface area contributed by atoms with Crippen LogP contribution in [0.3, 0.4) is 0 Å². The lowest BCUT2D eigenvalue weighted by Crippen LogP contribution is -2.52. The van der Waals surface area contributed by atoms with Crippen molar-refractivity contribution in [3.05, 3.63) is 82.1 Å². The van der Waals surface area contributed by atoms with Crippen LogP contribution in [0, 0.1) is 26.6 Å². The molecule has 0 bridgehead atoms. The Balaban J connectivity index is 1.77. The number of hydrogen-bond donors (Lipinski definition) is 2. The first kappa shape index (κ1) is 24.7. The summed E-state index contributed by atoms with van der Waals surface area (Å²) < 4.78 is 42.6. The molecule has 3 aromatic carbocycles. The van der Waals surface area contributed by atoms with Crippen LogP contribution in [-0.4, -0.2) is 26.3 Å². The zero-order chi connectivity index (χ0) is 25.5. The minimum atomic E-state index is -4.29. The molecule has 0 saturated carbocycles. The summed E-state index contributed by atoms with van der Waals surface area (Å²) in [4.78, 5) is 26.0. The van der Waals surface area contributed by atoms with E-state index in [4.69, 9.17) is 11.6 Å². The van der Waals surface area contributed by atoms with E-state index >= 15 is 0 Å². The second-order valence-corrected chi connectivity index (χ2v) is 10.6. The molecule has 182 valence electrons. The fourth-order valence-corrected chi connectivity index (χ4v) is 6.12. The Labute approximate surface area is 208 Å². The summed E-state index contributed by atoms with van der Waals surface area (Å²) >= 11 is 6.17. The van der Waals surface area contributed by atoms with Gasteiger partial charge in [-0.1, -0.05) is 29.8 Å². The smallest absolute Gasteiger partial charge is 0.265 e. The van der Waals surface area contributed by atoms with Gasteiger partial charge in [-0.15, -0.1) is 0 Å². The molecule has 0 fully saturated rings. The van der Waals surface area contributed by atoms with Crippen molar-refractivity contribution < 1.29 is 22.4 Å². The first-order valence-electron chi connectivity index (χ1n) is 10.8. The molecule has 1 atom stereocenters. The SMILES string of the molecule is Cc1cc(S(=O)(=O)N2c3ccccc3NC(=O)C2CC(=O)Nc2cc(F)ccc2C)c(C)cc1Cl. The zero-order valence-electron chi connectivity index (χ0n) is 19.2. The molecule has 10 heteroatoms. The average molecular weight is 516 g/mol. The van der Waals surface area contributed by atoms with Crippen molar-refractivity contribution in [2.24, 2.45) is 0 Å². The Morgan fingerprint density at radius 1 is 1.06 bits per heavy atom. The second-order valence-electron chi connectivity index (χ2n) is 8.40. The van der Waals surface area contributed by atoms with Gasteiger partial charge in [0, 0.05) is 10.7 Å². The monoisotopic (exact) mass is 515 g/mol. The van der Waals surface area contributed by atoms with Gasteiger partial charge >= 0.3 is 0 Å². The van der Waals surface area contributed by atoms with Crippen molar-refractivity contribution in [1.29, 1.82) is 0 Å². The molecule has 1 unspecified atom stereocenters. The maximum Gasteiger partial charge on any atom is 0.265 e. The molecular formula is C25H23ClFN3O4S. The summed E-state index contributed by atoms with van der Waals surface area (Å²) in [6, 6.07) is 12.0. The van der Waals surface area contributed by atoms with Crippen molar-refractivity contribution >= 4 is 50.5 Å². The van der Waals surface area contributed by atoms with Gasteiger partial charge < -0.3 is 10.6 Å². The van der Waals surface area contributed by atoms with Crippen LogP contribution in [0.2, 0.25) is 5.02 Å². The van der Waals surface area contributed by atoms with Gasteiger partial charge in [-0.3, -0.25) is 13.9 Å². The highest BCUT2D eigenvalue weighted by molar-refractivity contribution is 7.93. The van der Waals surface area contributed by atoms with Gasteiger partial charge in [-0.2, -0.15) is 0 Å². The number of benzene rings is 3. The lowest BCUT2D eigenvalue weighted by molar-refractivity contribution is -0.122. The number of aryl methyl sites for hydroxylation is 3. The van der Waals surface area contributed by atoms with Crippen molar-refractivity contribution in [1.82, 2.24) is 0 Å². The minimum Gasteiger partial charge on any atom is -0.326 e. The van der Waals surface area contributed by atoms with Crippen molar-refractivity contribution in [3.8, 4) is 0 Å². The molecule has 2 amide bonds. The first-order valence-corrected chi connectivity index (χ1v) is 12.6. The number of amides is 2. The van der Waals surface area contributed by atoms with E-state index in [2.05, 4.69) is 10.6 Å². The van der Waals surface area contributed by atoms with Crippen LogP contribution in [0.4, 0.5) is 21.5 Å². The predicted octanol–water partition coefficient (Wildman–Crippen LogP) is 4.95. The lowest BCUT2D eigenvalue weighted by atomic mass is 10.1. The fourth-order valence-electron chi connectivity index (χ4n) is 3.98. The average Bonchev–Trinajstić information content (AvgIpc) is 2.78. The Kier molecular flexibility index (Phi) is 6.57. The third kappa shape index (κ3) is 4.74. The normalized spacial score (nSPS) is 15.4.